The van der Waals surface area contributed by atoms with Crippen LogP contribution in [0, 0.1) is 5.92 Å². The van der Waals surface area contributed by atoms with Crippen molar-refractivity contribution in [1.29, 1.82) is 0 Å². The largest absolute Gasteiger partial charge is 0.300 e. The Bertz CT molecular complexity index is 174. The molecule has 0 fully saturated rings. The number of carbonyl (C=O) groups is 1. The van der Waals surface area contributed by atoms with E-state index >= 15 is 0 Å². The Balaban J connectivity index is 3.65. The molecule has 0 spiro atoms. The minimum atomic E-state index is 0.375. The minimum absolute atomic E-state index is 0.375. The van der Waals surface area contributed by atoms with E-state index in [0.717, 1.165) is 6.42 Å². The van der Waals surface area contributed by atoms with Crippen LogP contribution >= 0.6 is 0 Å². The Morgan fingerprint density at radius 1 is 0.824 bits per heavy atom. The summed E-state index contributed by atoms with van der Waals surface area (Å²) in [6.07, 6.45) is 14.0. The highest BCUT2D eigenvalue weighted by Crippen LogP contribution is 2.21. The Labute approximate surface area is 108 Å². The summed E-state index contributed by atoms with van der Waals surface area (Å²) >= 11 is 0. The number of carbonyl (C=O) groups excluding carboxylic acids is 1. The maximum absolute atomic E-state index is 11.2. The molecule has 0 amide bonds. The molecule has 0 saturated carbocycles. The molecular formula is C16H32O. The Kier molecular flexibility index (Phi) is 11.9. The van der Waals surface area contributed by atoms with Crippen molar-refractivity contribution < 1.29 is 4.79 Å². The molecule has 0 aromatic rings. The molecule has 17 heavy (non-hydrogen) atoms. The van der Waals surface area contributed by atoms with Crippen LogP contribution in [0.1, 0.15) is 91.4 Å². The monoisotopic (exact) mass is 240 g/mol. The van der Waals surface area contributed by atoms with Gasteiger partial charge in [-0.05, 0) is 12.8 Å². The van der Waals surface area contributed by atoms with Gasteiger partial charge in [0.1, 0.15) is 5.78 Å². The third-order valence-corrected chi connectivity index (χ3v) is 3.51. The number of hydrogen-bond donors (Lipinski definition) is 0. The van der Waals surface area contributed by atoms with E-state index in [2.05, 4.69) is 13.8 Å². The van der Waals surface area contributed by atoms with Crippen LogP contribution in [0.15, 0.2) is 0 Å². The first kappa shape index (κ1) is 16.7. The fourth-order valence-corrected chi connectivity index (χ4v) is 2.47. The van der Waals surface area contributed by atoms with Crippen molar-refractivity contribution in [3.05, 3.63) is 0 Å². The number of unbranched alkanes of at least 4 members (excludes halogenated alkanes) is 6. The standard InChI is InChI=1S/C16H32O/c1-4-6-8-9-11-13-16(14-15(3)17)12-10-7-5-2/h16H,4-14H2,1-3H3. The van der Waals surface area contributed by atoms with E-state index in [-0.39, 0.29) is 0 Å². The minimum Gasteiger partial charge on any atom is -0.300 e. The molecule has 0 saturated heterocycles. The zero-order valence-corrected chi connectivity index (χ0v) is 12.3. The summed E-state index contributed by atoms with van der Waals surface area (Å²) in [5, 5.41) is 0. The van der Waals surface area contributed by atoms with Crippen LogP contribution in [-0.2, 0) is 4.79 Å². The summed E-state index contributed by atoms with van der Waals surface area (Å²) in [4.78, 5) is 11.2. The molecule has 1 nitrogen and oxygen atoms in total. The van der Waals surface area contributed by atoms with Crippen LogP contribution in [0.5, 0.6) is 0 Å². The summed E-state index contributed by atoms with van der Waals surface area (Å²) in [5.74, 6) is 1.04. The molecule has 0 N–H and O–H groups in total. The highest BCUT2D eigenvalue weighted by molar-refractivity contribution is 5.75. The van der Waals surface area contributed by atoms with E-state index in [0.29, 0.717) is 11.7 Å². The first-order valence-corrected chi connectivity index (χ1v) is 7.70. The zero-order chi connectivity index (χ0) is 12.9. The predicted molar refractivity (Wildman–Crippen MR) is 76.3 cm³/mol. The zero-order valence-electron chi connectivity index (χ0n) is 12.3. The smallest absolute Gasteiger partial charge is 0.130 e. The van der Waals surface area contributed by atoms with Crippen LogP contribution in [0.2, 0.25) is 0 Å². The molecule has 0 aliphatic rings. The van der Waals surface area contributed by atoms with Gasteiger partial charge in [-0.25, -0.2) is 0 Å². The van der Waals surface area contributed by atoms with Crippen LogP contribution in [-0.4, -0.2) is 5.78 Å². The van der Waals surface area contributed by atoms with E-state index in [1.807, 2.05) is 0 Å². The number of ketones is 1. The van der Waals surface area contributed by atoms with Crippen molar-refractivity contribution in [2.75, 3.05) is 0 Å². The van der Waals surface area contributed by atoms with Crippen LogP contribution in [0.4, 0.5) is 0 Å². The van der Waals surface area contributed by atoms with Gasteiger partial charge in [0.15, 0.2) is 0 Å². The third-order valence-electron chi connectivity index (χ3n) is 3.51. The first-order valence-electron chi connectivity index (χ1n) is 7.70. The van der Waals surface area contributed by atoms with Gasteiger partial charge in [-0.3, -0.25) is 0 Å². The summed E-state index contributed by atoms with van der Waals surface area (Å²) in [5.41, 5.74) is 0. The van der Waals surface area contributed by atoms with E-state index in [1.54, 1.807) is 6.92 Å². The molecule has 1 unspecified atom stereocenters. The van der Waals surface area contributed by atoms with Crippen molar-refractivity contribution in [3.8, 4) is 0 Å². The molecular weight excluding hydrogens is 208 g/mol. The predicted octanol–water partition coefficient (Wildman–Crippen LogP) is 5.52. The van der Waals surface area contributed by atoms with E-state index in [9.17, 15) is 4.79 Å². The average molecular weight is 240 g/mol. The summed E-state index contributed by atoms with van der Waals surface area (Å²) in [7, 11) is 0. The van der Waals surface area contributed by atoms with Crippen LogP contribution < -0.4 is 0 Å². The number of hydrogen-bond acceptors (Lipinski definition) is 1. The van der Waals surface area contributed by atoms with Crippen LogP contribution in [0.3, 0.4) is 0 Å². The Morgan fingerprint density at radius 2 is 1.29 bits per heavy atom. The SMILES string of the molecule is CCCCCCCC(CCCCC)CC(C)=O. The van der Waals surface area contributed by atoms with E-state index < -0.39 is 0 Å². The molecule has 1 heteroatoms. The van der Waals surface area contributed by atoms with Gasteiger partial charge in [0, 0.05) is 6.42 Å². The lowest BCUT2D eigenvalue weighted by atomic mass is 9.90. The lowest BCUT2D eigenvalue weighted by Crippen LogP contribution is -2.06. The van der Waals surface area contributed by atoms with Gasteiger partial charge in [-0.15, -0.1) is 0 Å². The molecule has 0 aromatic heterocycles. The van der Waals surface area contributed by atoms with Gasteiger partial charge in [0.2, 0.25) is 0 Å². The quantitative estimate of drug-likeness (QED) is 0.410. The average Bonchev–Trinajstić information content (AvgIpc) is 2.28. The normalized spacial score (nSPS) is 12.6. The lowest BCUT2D eigenvalue weighted by molar-refractivity contribution is -0.118. The van der Waals surface area contributed by atoms with Gasteiger partial charge in [0.25, 0.3) is 0 Å². The molecule has 0 bridgehead atoms. The summed E-state index contributed by atoms with van der Waals surface area (Å²) in [6, 6.07) is 0. The Hall–Kier alpha value is -0.330. The van der Waals surface area contributed by atoms with Gasteiger partial charge in [-0.1, -0.05) is 78.1 Å². The highest BCUT2D eigenvalue weighted by atomic mass is 16.1. The second-order valence-corrected chi connectivity index (χ2v) is 5.47. The van der Waals surface area contributed by atoms with Crippen molar-refractivity contribution in [2.24, 2.45) is 5.92 Å². The van der Waals surface area contributed by atoms with Crippen molar-refractivity contribution in [3.63, 3.8) is 0 Å². The van der Waals surface area contributed by atoms with Crippen molar-refractivity contribution in [2.45, 2.75) is 91.4 Å². The molecule has 0 heterocycles. The second kappa shape index (κ2) is 12.1. The second-order valence-electron chi connectivity index (χ2n) is 5.47. The summed E-state index contributed by atoms with van der Waals surface area (Å²) < 4.78 is 0. The van der Waals surface area contributed by atoms with E-state index in [1.165, 1.54) is 64.2 Å². The maximum atomic E-state index is 11.2. The van der Waals surface area contributed by atoms with E-state index in [4.69, 9.17) is 0 Å². The van der Waals surface area contributed by atoms with Gasteiger partial charge < -0.3 is 4.79 Å². The first-order chi connectivity index (χ1) is 8.20. The van der Waals surface area contributed by atoms with Gasteiger partial charge in [0.05, 0.1) is 0 Å². The molecule has 0 aliphatic heterocycles. The van der Waals surface area contributed by atoms with Crippen molar-refractivity contribution in [1.82, 2.24) is 0 Å². The topological polar surface area (TPSA) is 17.1 Å². The highest BCUT2D eigenvalue weighted by Gasteiger charge is 2.10. The van der Waals surface area contributed by atoms with Crippen LogP contribution in [0.25, 0.3) is 0 Å². The maximum Gasteiger partial charge on any atom is 0.130 e. The fraction of sp³-hybridized carbons (Fsp3) is 0.938. The number of rotatable bonds is 12. The molecule has 1 atom stereocenters. The molecule has 0 aliphatic carbocycles. The Morgan fingerprint density at radius 3 is 1.82 bits per heavy atom. The van der Waals surface area contributed by atoms with Gasteiger partial charge in [-0.2, -0.15) is 0 Å². The molecule has 0 radical (unpaired) electrons. The third kappa shape index (κ3) is 11.9. The molecule has 0 rings (SSSR count). The molecule has 102 valence electrons. The summed E-state index contributed by atoms with van der Waals surface area (Å²) in [6.45, 7) is 6.23. The van der Waals surface area contributed by atoms with Gasteiger partial charge >= 0.3 is 0 Å². The van der Waals surface area contributed by atoms with Crippen molar-refractivity contribution >= 4 is 5.78 Å². The fourth-order valence-electron chi connectivity index (χ4n) is 2.47. The lowest BCUT2D eigenvalue weighted by Gasteiger charge is -2.15. The number of Topliss-reactive ketones (excluding diaryl/α,β-unsaturated/α-hetero) is 1. The molecule has 0 aromatic carbocycles.